The van der Waals surface area contributed by atoms with Gasteiger partial charge in [-0.05, 0) is 34.3 Å². The first-order valence-electron chi connectivity index (χ1n) is 8.28. The number of aromatic nitrogens is 8. The molecule has 4 atom stereocenters. The van der Waals surface area contributed by atoms with Gasteiger partial charge in [0.25, 0.3) is 0 Å². The Labute approximate surface area is 157 Å². The number of rotatable bonds is 5. The SMILES string of the molecule is c1cnc(O[C@@H]2CO[C@H]3[C@@H]2OC[C@@H]3n2nnnc2Sc2ncccn2)nc1. The lowest BCUT2D eigenvalue weighted by Crippen LogP contribution is -2.34. The van der Waals surface area contributed by atoms with Gasteiger partial charge in [-0.25, -0.2) is 24.6 Å². The van der Waals surface area contributed by atoms with Crippen LogP contribution in [0.1, 0.15) is 6.04 Å². The van der Waals surface area contributed by atoms with Crippen LogP contribution in [0.3, 0.4) is 0 Å². The summed E-state index contributed by atoms with van der Waals surface area (Å²) in [5.74, 6) is 0. The van der Waals surface area contributed by atoms with E-state index in [2.05, 4.69) is 35.5 Å². The molecular weight excluding hydrogens is 372 g/mol. The first-order valence-corrected chi connectivity index (χ1v) is 9.10. The topological polar surface area (TPSA) is 123 Å². The van der Waals surface area contributed by atoms with Crippen molar-refractivity contribution in [3.8, 4) is 6.01 Å². The third kappa shape index (κ3) is 3.22. The van der Waals surface area contributed by atoms with Crippen LogP contribution >= 0.6 is 11.8 Å². The van der Waals surface area contributed by atoms with Gasteiger partial charge in [-0.2, -0.15) is 0 Å². The number of hydrogen-bond acceptors (Lipinski definition) is 11. The van der Waals surface area contributed by atoms with E-state index >= 15 is 0 Å². The summed E-state index contributed by atoms with van der Waals surface area (Å²) in [7, 11) is 0. The molecule has 2 aliphatic rings. The molecule has 0 radical (unpaired) electrons. The molecule has 2 aliphatic heterocycles. The van der Waals surface area contributed by atoms with E-state index in [0.717, 1.165) is 0 Å². The standard InChI is InChI=1S/C15H14N8O3S/c1-3-16-13(17-4-1)26-10-8-25-11-9(7-24-12(10)11)23-15(20-21-22-23)27-14-18-5-2-6-19-14/h1-6,9-12H,7-8H2/t9-,10+,11+,12+/m0/s1. The zero-order valence-electron chi connectivity index (χ0n) is 13.9. The van der Waals surface area contributed by atoms with Crippen molar-refractivity contribution < 1.29 is 14.2 Å². The molecule has 12 heteroatoms. The Morgan fingerprint density at radius 1 is 0.963 bits per heavy atom. The van der Waals surface area contributed by atoms with Gasteiger partial charge in [0.05, 0.1) is 13.2 Å². The summed E-state index contributed by atoms with van der Waals surface area (Å²) in [5, 5.41) is 13.1. The maximum absolute atomic E-state index is 5.94. The van der Waals surface area contributed by atoms with Gasteiger partial charge in [-0.1, -0.05) is 0 Å². The largest absolute Gasteiger partial charge is 0.455 e. The lowest BCUT2D eigenvalue weighted by molar-refractivity contribution is 0.0251. The van der Waals surface area contributed by atoms with E-state index in [1.54, 1.807) is 41.6 Å². The van der Waals surface area contributed by atoms with E-state index in [1.165, 1.54) is 11.8 Å². The molecule has 0 unspecified atom stereocenters. The van der Waals surface area contributed by atoms with E-state index in [-0.39, 0.29) is 24.4 Å². The van der Waals surface area contributed by atoms with E-state index in [9.17, 15) is 0 Å². The van der Waals surface area contributed by atoms with Crippen molar-refractivity contribution in [3.05, 3.63) is 36.9 Å². The van der Waals surface area contributed by atoms with Gasteiger partial charge < -0.3 is 14.2 Å². The third-order valence-electron chi connectivity index (χ3n) is 4.28. The van der Waals surface area contributed by atoms with Gasteiger partial charge in [0.1, 0.15) is 18.2 Å². The Hall–Kier alpha value is -2.70. The zero-order chi connectivity index (χ0) is 18.1. The molecule has 11 nitrogen and oxygen atoms in total. The molecule has 0 aliphatic carbocycles. The average Bonchev–Trinajstić information content (AvgIpc) is 3.41. The molecular formula is C15H14N8O3S. The van der Waals surface area contributed by atoms with Gasteiger partial charge in [-0.3, -0.25) is 0 Å². The van der Waals surface area contributed by atoms with Gasteiger partial charge in [-0.15, -0.1) is 5.10 Å². The van der Waals surface area contributed by atoms with Crippen molar-refractivity contribution in [1.29, 1.82) is 0 Å². The lowest BCUT2D eigenvalue weighted by atomic mass is 10.1. The van der Waals surface area contributed by atoms with Crippen LogP contribution in [0.2, 0.25) is 0 Å². The van der Waals surface area contributed by atoms with Crippen LogP contribution in [0.4, 0.5) is 0 Å². The highest BCUT2D eigenvalue weighted by atomic mass is 32.2. The summed E-state index contributed by atoms with van der Waals surface area (Å²) in [6.45, 7) is 0.801. The quantitative estimate of drug-likeness (QED) is 0.558. The minimum absolute atomic E-state index is 0.165. The fraction of sp³-hybridized carbons (Fsp3) is 0.400. The van der Waals surface area contributed by atoms with Crippen LogP contribution in [0.25, 0.3) is 0 Å². The Bertz CT molecular complexity index is 898. The molecule has 2 fully saturated rings. The Kier molecular flexibility index (Phi) is 4.35. The van der Waals surface area contributed by atoms with Crippen molar-refractivity contribution in [3.63, 3.8) is 0 Å². The Morgan fingerprint density at radius 2 is 1.70 bits per heavy atom. The molecule has 27 heavy (non-hydrogen) atoms. The van der Waals surface area contributed by atoms with Gasteiger partial charge in [0.2, 0.25) is 5.16 Å². The van der Waals surface area contributed by atoms with Crippen LogP contribution in [-0.2, 0) is 9.47 Å². The molecule has 0 aromatic carbocycles. The van der Waals surface area contributed by atoms with Crippen LogP contribution in [-0.4, -0.2) is 71.7 Å². The van der Waals surface area contributed by atoms with Crippen LogP contribution in [0.5, 0.6) is 6.01 Å². The minimum Gasteiger partial charge on any atom is -0.455 e. The predicted molar refractivity (Wildman–Crippen MR) is 88.9 cm³/mol. The summed E-state index contributed by atoms with van der Waals surface area (Å²) in [4.78, 5) is 16.6. The maximum atomic E-state index is 5.94. The molecule has 3 aromatic rings. The fourth-order valence-corrected chi connectivity index (χ4v) is 3.85. The number of nitrogens with zero attached hydrogens (tertiary/aromatic N) is 8. The summed E-state index contributed by atoms with van der Waals surface area (Å²) in [6, 6.07) is 3.63. The first kappa shape index (κ1) is 16.5. The highest BCUT2D eigenvalue weighted by Gasteiger charge is 2.51. The second-order valence-electron chi connectivity index (χ2n) is 5.89. The summed E-state index contributed by atoms with van der Waals surface area (Å²) in [5.41, 5.74) is 0. The molecule has 2 saturated heterocycles. The summed E-state index contributed by atoms with van der Waals surface area (Å²) in [6.07, 6.45) is 5.85. The van der Waals surface area contributed by atoms with Crippen LogP contribution < -0.4 is 4.74 Å². The van der Waals surface area contributed by atoms with Crippen molar-refractivity contribution >= 4 is 11.8 Å². The number of hydrogen-bond donors (Lipinski definition) is 0. The number of ether oxygens (including phenoxy) is 3. The third-order valence-corrected chi connectivity index (χ3v) is 5.13. The molecule has 0 saturated carbocycles. The van der Waals surface area contributed by atoms with Crippen molar-refractivity contribution in [2.75, 3.05) is 13.2 Å². The van der Waals surface area contributed by atoms with Crippen molar-refractivity contribution in [1.82, 2.24) is 40.1 Å². The Balaban J connectivity index is 1.32. The summed E-state index contributed by atoms with van der Waals surface area (Å²) < 4.78 is 19.4. The van der Waals surface area contributed by atoms with E-state index < -0.39 is 0 Å². The molecule has 0 bridgehead atoms. The molecule has 0 N–H and O–H groups in total. The van der Waals surface area contributed by atoms with Crippen LogP contribution in [0, 0.1) is 0 Å². The number of fused-ring (bicyclic) bond motifs is 1. The lowest BCUT2D eigenvalue weighted by Gasteiger charge is -2.17. The van der Waals surface area contributed by atoms with E-state index in [0.29, 0.717) is 29.5 Å². The summed E-state index contributed by atoms with van der Waals surface area (Å²) >= 11 is 1.29. The molecule has 138 valence electrons. The molecule has 0 amide bonds. The molecule has 0 spiro atoms. The van der Waals surface area contributed by atoms with Crippen molar-refractivity contribution in [2.45, 2.75) is 34.7 Å². The van der Waals surface area contributed by atoms with Gasteiger partial charge in [0, 0.05) is 24.8 Å². The van der Waals surface area contributed by atoms with Crippen molar-refractivity contribution in [2.24, 2.45) is 0 Å². The van der Waals surface area contributed by atoms with Crippen LogP contribution in [0.15, 0.2) is 47.2 Å². The molecule has 5 rings (SSSR count). The Morgan fingerprint density at radius 3 is 2.52 bits per heavy atom. The highest BCUT2D eigenvalue weighted by molar-refractivity contribution is 7.99. The zero-order valence-corrected chi connectivity index (χ0v) is 14.7. The number of tetrazole rings is 1. The second-order valence-corrected chi connectivity index (χ2v) is 6.82. The monoisotopic (exact) mass is 386 g/mol. The first-order chi connectivity index (χ1) is 13.4. The predicted octanol–water partition coefficient (Wildman–Crippen LogP) is 0.191. The maximum Gasteiger partial charge on any atom is 0.316 e. The molecule has 3 aromatic heterocycles. The van der Waals surface area contributed by atoms with Gasteiger partial charge in [0.15, 0.2) is 11.3 Å². The normalized spacial score (nSPS) is 26.8. The average molecular weight is 386 g/mol. The fourth-order valence-electron chi connectivity index (χ4n) is 3.12. The highest BCUT2D eigenvalue weighted by Crippen LogP contribution is 2.37. The second kappa shape index (κ2) is 7.13. The minimum atomic E-state index is -0.285. The smallest absolute Gasteiger partial charge is 0.316 e. The van der Waals surface area contributed by atoms with E-state index in [4.69, 9.17) is 14.2 Å². The van der Waals surface area contributed by atoms with E-state index in [1.807, 2.05) is 0 Å². The molecule has 5 heterocycles. The van der Waals surface area contributed by atoms with Gasteiger partial charge >= 0.3 is 6.01 Å².